The minimum atomic E-state index is 0.788. The number of aromatic nitrogens is 3. The van der Waals surface area contributed by atoms with Gasteiger partial charge < -0.3 is 9.13 Å². The first kappa shape index (κ1) is 14.2. The zero-order chi connectivity index (χ0) is 15.7. The van der Waals surface area contributed by atoms with Gasteiger partial charge in [0.25, 0.3) is 0 Å². The molecular weight excluding hydrogens is 270 g/mol. The Labute approximate surface area is 131 Å². The van der Waals surface area contributed by atoms with E-state index in [9.17, 15) is 0 Å². The summed E-state index contributed by atoms with van der Waals surface area (Å²) in [6.45, 7) is 6.20. The second kappa shape index (κ2) is 5.57. The largest absolute Gasteiger partial charge is 0.327 e. The Balaban J connectivity index is 1.98. The van der Waals surface area contributed by atoms with Crippen LogP contribution in [0.25, 0.3) is 5.69 Å². The van der Waals surface area contributed by atoms with Gasteiger partial charge in [0.15, 0.2) is 5.82 Å². The van der Waals surface area contributed by atoms with Crippen LogP contribution < -0.4 is 0 Å². The molecule has 0 bridgehead atoms. The van der Waals surface area contributed by atoms with Crippen molar-refractivity contribution in [3.63, 3.8) is 0 Å². The molecule has 0 amide bonds. The van der Waals surface area contributed by atoms with Crippen LogP contribution in [0, 0.1) is 32.6 Å². The van der Waals surface area contributed by atoms with Gasteiger partial charge in [-0.1, -0.05) is 12.0 Å². The van der Waals surface area contributed by atoms with Crippen molar-refractivity contribution in [2.75, 3.05) is 0 Å². The topological polar surface area (TPSA) is 22.8 Å². The van der Waals surface area contributed by atoms with Gasteiger partial charge >= 0.3 is 0 Å². The van der Waals surface area contributed by atoms with Crippen LogP contribution in [-0.4, -0.2) is 14.1 Å². The molecule has 0 aliphatic carbocycles. The Morgan fingerprint density at radius 1 is 0.955 bits per heavy atom. The van der Waals surface area contributed by atoms with Crippen molar-refractivity contribution in [3.8, 4) is 17.5 Å². The lowest BCUT2D eigenvalue weighted by atomic mass is 10.2. The molecule has 0 aliphatic heterocycles. The predicted molar refractivity (Wildman–Crippen MR) is 89.2 cm³/mol. The number of aryl methyl sites for hydroxylation is 4. The van der Waals surface area contributed by atoms with Gasteiger partial charge in [-0.05, 0) is 57.0 Å². The van der Waals surface area contributed by atoms with Gasteiger partial charge in [-0.3, -0.25) is 0 Å². The second-order valence-electron chi connectivity index (χ2n) is 5.57. The van der Waals surface area contributed by atoms with E-state index >= 15 is 0 Å². The molecule has 0 saturated heterocycles. The van der Waals surface area contributed by atoms with Crippen molar-refractivity contribution in [3.05, 3.63) is 71.1 Å². The summed E-state index contributed by atoms with van der Waals surface area (Å²) in [4.78, 5) is 4.41. The third-order valence-corrected chi connectivity index (χ3v) is 3.69. The molecule has 0 radical (unpaired) electrons. The first-order valence-electron chi connectivity index (χ1n) is 7.32. The van der Waals surface area contributed by atoms with Gasteiger partial charge in [0.2, 0.25) is 0 Å². The lowest BCUT2D eigenvalue weighted by molar-refractivity contribution is 0.893. The van der Waals surface area contributed by atoms with E-state index in [2.05, 4.69) is 59.5 Å². The maximum absolute atomic E-state index is 4.41. The standard InChI is InChI=1S/C19H19N3/c1-14-13-21(4)19(20-14)11-10-17-6-5-7-18(12-17)22-15(2)8-9-16(22)3/h5-9,12-13H,1-4H3. The summed E-state index contributed by atoms with van der Waals surface area (Å²) in [5.74, 6) is 7.14. The van der Waals surface area contributed by atoms with Crippen LogP contribution in [0.1, 0.15) is 28.5 Å². The first-order chi connectivity index (χ1) is 10.5. The van der Waals surface area contributed by atoms with E-state index in [4.69, 9.17) is 0 Å². The molecule has 3 aromatic rings. The smallest absolute Gasteiger partial charge is 0.185 e. The van der Waals surface area contributed by atoms with E-state index in [0.717, 1.165) is 22.8 Å². The fourth-order valence-corrected chi connectivity index (χ4v) is 2.66. The molecule has 22 heavy (non-hydrogen) atoms. The average molecular weight is 289 g/mol. The van der Waals surface area contributed by atoms with Crippen molar-refractivity contribution in [2.24, 2.45) is 7.05 Å². The number of nitrogens with zero attached hydrogens (tertiary/aromatic N) is 3. The molecule has 3 heteroatoms. The Morgan fingerprint density at radius 3 is 2.32 bits per heavy atom. The van der Waals surface area contributed by atoms with Crippen LogP contribution in [0.2, 0.25) is 0 Å². The van der Waals surface area contributed by atoms with Gasteiger partial charge in [0.05, 0.1) is 5.69 Å². The lowest BCUT2D eigenvalue weighted by Crippen LogP contribution is -1.98. The van der Waals surface area contributed by atoms with Crippen molar-refractivity contribution in [1.82, 2.24) is 14.1 Å². The summed E-state index contributed by atoms with van der Waals surface area (Å²) >= 11 is 0. The summed E-state index contributed by atoms with van der Waals surface area (Å²) in [5.41, 5.74) is 5.57. The van der Waals surface area contributed by atoms with Gasteiger partial charge in [-0.25, -0.2) is 4.98 Å². The van der Waals surface area contributed by atoms with Crippen molar-refractivity contribution >= 4 is 0 Å². The molecule has 2 heterocycles. The summed E-state index contributed by atoms with van der Waals surface area (Å²) in [6.07, 6.45) is 1.98. The summed E-state index contributed by atoms with van der Waals surface area (Å²) in [5, 5.41) is 0. The number of hydrogen-bond donors (Lipinski definition) is 0. The normalized spacial score (nSPS) is 10.4. The van der Waals surface area contributed by atoms with Crippen LogP contribution in [0.15, 0.2) is 42.6 Å². The van der Waals surface area contributed by atoms with E-state index in [0.29, 0.717) is 0 Å². The average Bonchev–Trinajstić information content (AvgIpc) is 2.99. The molecule has 110 valence electrons. The molecule has 0 atom stereocenters. The van der Waals surface area contributed by atoms with Crippen LogP contribution in [-0.2, 0) is 7.05 Å². The third kappa shape index (κ3) is 2.68. The Hall–Kier alpha value is -2.73. The zero-order valence-corrected chi connectivity index (χ0v) is 13.4. The summed E-state index contributed by atoms with van der Waals surface area (Å²) < 4.78 is 4.18. The van der Waals surface area contributed by atoms with Gasteiger partial charge in [-0.2, -0.15) is 0 Å². The molecule has 0 aliphatic rings. The molecule has 1 aromatic carbocycles. The molecule has 0 fully saturated rings. The molecule has 2 aromatic heterocycles. The molecular formula is C19H19N3. The Kier molecular flexibility index (Phi) is 3.60. The maximum atomic E-state index is 4.41. The number of imidazole rings is 1. The van der Waals surface area contributed by atoms with Crippen LogP contribution in [0.5, 0.6) is 0 Å². The third-order valence-electron chi connectivity index (χ3n) is 3.69. The van der Waals surface area contributed by atoms with Crippen molar-refractivity contribution < 1.29 is 0 Å². The van der Waals surface area contributed by atoms with E-state index in [-0.39, 0.29) is 0 Å². The van der Waals surface area contributed by atoms with E-state index in [1.165, 1.54) is 11.4 Å². The molecule has 0 unspecified atom stereocenters. The van der Waals surface area contributed by atoms with Gasteiger partial charge in [-0.15, -0.1) is 0 Å². The van der Waals surface area contributed by atoms with E-state index < -0.39 is 0 Å². The first-order valence-corrected chi connectivity index (χ1v) is 7.32. The highest BCUT2D eigenvalue weighted by atomic mass is 15.0. The predicted octanol–water partition coefficient (Wildman–Crippen LogP) is 3.54. The van der Waals surface area contributed by atoms with E-state index in [1.807, 2.05) is 36.9 Å². The molecule has 0 spiro atoms. The van der Waals surface area contributed by atoms with Crippen molar-refractivity contribution in [2.45, 2.75) is 20.8 Å². The second-order valence-corrected chi connectivity index (χ2v) is 5.57. The number of benzene rings is 1. The lowest BCUT2D eigenvalue weighted by Gasteiger charge is -2.09. The van der Waals surface area contributed by atoms with Crippen molar-refractivity contribution in [1.29, 1.82) is 0 Å². The van der Waals surface area contributed by atoms with Crippen LogP contribution >= 0.6 is 0 Å². The minimum absolute atomic E-state index is 0.788. The molecule has 0 saturated carbocycles. The van der Waals surface area contributed by atoms with E-state index in [1.54, 1.807) is 0 Å². The fourth-order valence-electron chi connectivity index (χ4n) is 2.66. The molecule has 3 nitrogen and oxygen atoms in total. The minimum Gasteiger partial charge on any atom is -0.327 e. The van der Waals surface area contributed by atoms with Crippen LogP contribution in [0.3, 0.4) is 0 Å². The highest BCUT2D eigenvalue weighted by Gasteiger charge is 2.04. The SMILES string of the molecule is Cc1cn(C)c(C#Cc2cccc(-n3c(C)ccc3C)c2)n1. The van der Waals surface area contributed by atoms with Gasteiger partial charge in [0.1, 0.15) is 0 Å². The monoisotopic (exact) mass is 289 g/mol. The zero-order valence-electron chi connectivity index (χ0n) is 13.4. The highest BCUT2D eigenvalue weighted by molar-refractivity contribution is 5.47. The Bertz CT molecular complexity index is 866. The molecule has 0 N–H and O–H groups in total. The summed E-state index contributed by atoms with van der Waals surface area (Å²) in [7, 11) is 1.97. The highest BCUT2D eigenvalue weighted by Crippen LogP contribution is 2.17. The van der Waals surface area contributed by atoms with Crippen LogP contribution in [0.4, 0.5) is 0 Å². The Morgan fingerprint density at radius 2 is 1.68 bits per heavy atom. The summed E-state index contributed by atoms with van der Waals surface area (Å²) in [6, 6.07) is 12.6. The molecule has 3 rings (SSSR count). The number of hydrogen-bond acceptors (Lipinski definition) is 1. The number of rotatable bonds is 1. The fraction of sp³-hybridized carbons (Fsp3) is 0.211. The maximum Gasteiger partial charge on any atom is 0.185 e. The van der Waals surface area contributed by atoms with Gasteiger partial charge in [0, 0.05) is 35.9 Å². The quantitative estimate of drug-likeness (QED) is 0.628.